The van der Waals surface area contributed by atoms with Crippen molar-refractivity contribution in [1.29, 1.82) is 0 Å². The lowest BCUT2D eigenvalue weighted by molar-refractivity contribution is -0.152. The Kier molecular flexibility index (Phi) is 9.54. The number of nitrogens with zero attached hydrogens (tertiary/aromatic N) is 1. The maximum Gasteiger partial charge on any atom is 0.397 e. The first-order valence-corrected chi connectivity index (χ1v) is 13.2. The van der Waals surface area contributed by atoms with Crippen molar-refractivity contribution < 1.29 is 24.2 Å². The Balaban J connectivity index is 1.53. The van der Waals surface area contributed by atoms with Crippen LogP contribution < -0.4 is 10.1 Å². The number of ether oxygens (including phenoxy) is 2. The first kappa shape index (κ1) is 28.4. The second-order valence-electron chi connectivity index (χ2n) is 9.62. The number of amides is 1. The molecule has 7 nitrogen and oxygen atoms in total. The third-order valence-electron chi connectivity index (χ3n) is 6.34. The molecule has 0 aliphatic carbocycles. The van der Waals surface area contributed by atoms with Crippen molar-refractivity contribution in [3.63, 3.8) is 0 Å². The van der Waals surface area contributed by atoms with Gasteiger partial charge in [0.05, 0.1) is 6.61 Å². The van der Waals surface area contributed by atoms with Crippen LogP contribution in [-0.2, 0) is 34.0 Å². The molecule has 206 valence electrons. The molecule has 7 heteroatoms. The van der Waals surface area contributed by atoms with E-state index < -0.39 is 11.9 Å². The van der Waals surface area contributed by atoms with Gasteiger partial charge in [0.15, 0.2) is 0 Å². The van der Waals surface area contributed by atoms with Crippen LogP contribution in [0.15, 0.2) is 91.0 Å². The minimum atomic E-state index is -0.927. The number of hydrogen-bond acceptors (Lipinski definition) is 6. The number of phenolic OH excluding ortho intramolecular Hbond substituents is 1. The number of esters is 1. The van der Waals surface area contributed by atoms with Gasteiger partial charge in [0, 0.05) is 30.9 Å². The molecule has 0 heterocycles. The highest BCUT2D eigenvalue weighted by Crippen LogP contribution is 2.34. The van der Waals surface area contributed by atoms with Crippen LogP contribution in [0.5, 0.6) is 17.2 Å². The number of aryl methyl sites for hydroxylation is 2. The highest BCUT2D eigenvalue weighted by atomic mass is 16.5. The lowest BCUT2D eigenvalue weighted by Crippen LogP contribution is -2.25. The highest BCUT2D eigenvalue weighted by Gasteiger charge is 2.17. The number of rotatable bonds is 10. The van der Waals surface area contributed by atoms with Gasteiger partial charge in [-0.05, 0) is 73.4 Å². The van der Waals surface area contributed by atoms with E-state index in [2.05, 4.69) is 34.5 Å². The summed E-state index contributed by atoms with van der Waals surface area (Å²) in [5.74, 6) is -0.335. The summed E-state index contributed by atoms with van der Waals surface area (Å²) in [5, 5.41) is 13.3. The fourth-order valence-electron chi connectivity index (χ4n) is 4.52. The smallest absolute Gasteiger partial charge is 0.397 e. The van der Waals surface area contributed by atoms with Gasteiger partial charge in [0.2, 0.25) is 0 Å². The normalized spacial score (nSPS) is 10.8. The van der Waals surface area contributed by atoms with Gasteiger partial charge in [-0.1, -0.05) is 60.7 Å². The summed E-state index contributed by atoms with van der Waals surface area (Å²) >= 11 is 0. The molecule has 2 N–H and O–H groups in total. The van der Waals surface area contributed by atoms with Crippen molar-refractivity contribution in [2.75, 3.05) is 11.9 Å². The fraction of sp³-hybridized carbons (Fsp3) is 0.212. The van der Waals surface area contributed by atoms with Gasteiger partial charge < -0.3 is 19.9 Å². The highest BCUT2D eigenvalue weighted by molar-refractivity contribution is 6.37. The molecular weight excluding hydrogens is 504 g/mol. The van der Waals surface area contributed by atoms with Crippen molar-refractivity contribution in [1.82, 2.24) is 4.90 Å². The Bertz CT molecular complexity index is 1390. The summed E-state index contributed by atoms with van der Waals surface area (Å²) in [4.78, 5) is 26.0. The number of aromatic hydroxyl groups is 1. The third kappa shape index (κ3) is 7.71. The maximum atomic E-state index is 12.0. The van der Waals surface area contributed by atoms with Crippen LogP contribution in [-0.4, -0.2) is 28.5 Å². The van der Waals surface area contributed by atoms with E-state index in [0.29, 0.717) is 23.7 Å². The molecule has 0 atom stereocenters. The van der Waals surface area contributed by atoms with Gasteiger partial charge in [0.1, 0.15) is 17.2 Å². The van der Waals surface area contributed by atoms with Gasteiger partial charge in [-0.15, -0.1) is 0 Å². The molecule has 0 spiro atoms. The summed E-state index contributed by atoms with van der Waals surface area (Å²) in [7, 11) is 0. The lowest BCUT2D eigenvalue weighted by atomic mass is 10.1. The van der Waals surface area contributed by atoms with Crippen molar-refractivity contribution in [3.8, 4) is 17.2 Å². The molecule has 4 rings (SSSR count). The number of carbonyl (C=O) groups excluding carboxylic acids is 2. The summed E-state index contributed by atoms with van der Waals surface area (Å²) in [6.45, 7) is 7.46. The number of hydrogen-bond donors (Lipinski definition) is 2. The maximum absolute atomic E-state index is 12.0. The predicted octanol–water partition coefficient (Wildman–Crippen LogP) is 6.51. The number of carbonyl (C=O) groups is 2. The Morgan fingerprint density at radius 1 is 0.800 bits per heavy atom. The van der Waals surface area contributed by atoms with E-state index in [1.807, 2.05) is 56.3 Å². The standard InChI is InChI=1S/C33H34N2O5/c1-4-39-33(38)32(37)34-28-17-23(2)31(24(3)18-28)40-29-15-16-30(36)27(19-29)22-35(20-25-11-7-5-8-12-25)21-26-13-9-6-10-14-26/h5-19,36H,4,20-22H2,1-3H3,(H,34,37). The first-order chi connectivity index (χ1) is 19.3. The molecule has 4 aromatic rings. The molecule has 0 saturated carbocycles. The third-order valence-corrected chi connectivity index (χ3v) is 6.34. The fourth-order valence-corrected chi connectivity index (χ4v) is 4.52. The molecule has 0 aromatic heterocycles. The number of nitrogens with one attached hydrogen (secondary N) is 1. The average molecular weight is 539 g/mol. The van der Waals surface area contributed by atoms with Crippen molar-refractivity contribution >= 4 is 17.6 Å². The lowest BCUT2D eigenvalue weighted by Gasteiger charge is -2.24. The molecule has 1 amide bonds. The second kappa shape index (κ2) is 13.4. The van der Waals surface area contributed by atoms with Crippen molar-refractivity contribution in [2.45, 2.75) is 40.4 Å². The molecular formula is C33H34N2O5. The van der Waals surface area contributed by atoms with Crippen LogP contribution in [0.1, 0.15) is 34.7 Å². The van der Waals surface area contributed by atoms with Crippen molar-refractivity contribution in [3.05, 3.63) is 119 Å². The summed E-state index contributed by atoms with van der Waals surface area (Å²) in [5.41, 5.74) is 5.16. The van der Waals surface area contributed by atoms with E-state index in [1.54, 1.807) is 31.2 Å². The zero-order valence-corrected chi connectivity index (χ0v) is 23.0. The van der Waals surface area contributed by atoms with Gasteiger partial charge >= 0.3 is 11.9 Å². The minimum Gasteiger partial charge on any atom is -0.508 e. The molecule has 0 aliphatic heterocycles. The quantitative estimate of drug-likeness (QED) is 0.177. The van der Waals surface area contributed by atoms with Crippen LogP contribution in [0, 0.1) is 13.8 Å². The molecule has 0 bridgehead atoms. The molecule has 0 fully saturated rings. The monoisotopic (exact) mass is 538 g/mol. The Morgan fingerprint density at radius 3 is 1.93 bits per heavy atom. The van der Waals surface area contributed by atoms with E-state index in [9.17, 15) is 14.7 Å². The molecule has 4 aromatic carbocycles. The number of phenols is 1. The van der Waals surface area contributed by atoms with Crippen LogP contribution in [0.2, 0.25) is 0 Å². The Morgan fingerprint density at radius 2 is 1.38 bits per heavy atom. The van der Waals surface area contributed by atoms with Gasteiger partial charge in [-0.25, -0.2) is 4.79 Å². The molecule has 0 aliphatic rings. The Labute approximate surface area is 235 Å². The summed E-state index contributed by atoms with van der Waals surface area (Å²) in [6, 6.07) is 29.2. The van der Waals surface area contributed by atoms with E-state index >= 15 is 0 Å². The van der Waals surface area contributed by atoms with E-state index in [0.717, 1.165) is 29.8 Å². The van der Waals surface area contributed by atoms with E-state index in [-0.39, 0.29) is 12.4 Å². The first-order valence-electron chi connectivity index (χ1n) is 13.2. The second-order valence-corrected chi connectivity index (χ2v) is 9.62. The van der Waals surface area contributed by atoms with Gasteiger partial charge in [0.25, 0.3) is 0 Å². The van der Waals surface area contributed by atoms with Gasteiger partial charge in [-0.3, -0.25) is 9.69 Å². The molecule has 40 heavy (non-hydrogen) atoms. The topological polar surface area (TPSA) is 88.1 Å². The zero-order chi connectivity index (χ0) is 28.5. The average Bonchev–Trinajstić information content (AvgIpc) is 2.93. The Hall–Kier alpha value is -4.62. The zero-order valence-electron chi connectivity index (χ0n) is 23.0. The number of benzene rings is 4. The SMILES string of the molecule is CCOC(=O)C(=O)Nc1cc(C)c(Oc2ccc(O)c(CN(Cc3ccccc3)Cc3ccccc3)c2)c(C)c1. The molecule has 0 saturated heterocycles. The summed E-state index contributed by atoms with van der Waals surface area (Å²) in [6.07, 6.45) is 0. The molecule has 0 unspecified atom stereocenters. The van der Waals surface area contributed by atoms with E-state index in [1.165, 1.54) is 11.1 Å². The summed E-state index contributed by atoms with van der Waals surface area (Å²) < 4.78 is 11.0. The minimum absolute atomic E-state index is 0.127. The van der Waals surface area contributed by atoms with Crippen LogP contribution >= 0.6 is 0 Å². The molecule has 0 radical (unpaired) electrons. The van der Waals surface area contributed by atoms with Crippen LogP contribution in [0.3, 0.4) is 0 Å². The van der Waals surface area contributed by atoms with Crippen molar-refractivity contribution in [2.24, 2.45) is 0 Å². The van der Waals surface area contributed by atoms with Crippen LogP contribution in [0.4, 0.5) is 5.69 Å². The van der Waals surface area contributed by atoms with Crippen LogP contribution in [0.25, 0.3) is 0 Å². The largest absolute Gasteiger partial charge is 0.508 e. The van der Waals surface area contributed by atoms with Gasteiger partial charge in [-0.2, -0.15) is 0 Å². The number of anilines is 1. The predicted molar refractivity (Wildman–Crippen MR) is 155 cm³/mol. The van der Waals surface area contributed by atoms with E-state index in [4.69, 9.17) is 9.47 Å².